The molecule has 2 heterocycles. The van der Waals surface area contributed by atoms with Gasteiger partial charge in [-0.05, 0) is 35.6 Å². The number of aromatic nitrogens is 2. The number of hydrogen-bond acceptors (Lipinski definition) is 6. The smallest absolute Gasteiger partial charge is 0.277 e. The molecule has 3 rings (SSSR count). The normalized spacial score (nSPS) is 10.8. The van der Waals surface area contributed by atoms with E-state index < -0.39 is 0 Å². The van der Waals surface area contributed by atoms with Gasteiger partial charge in [0.05, 0.1) is 11.5 Å². The SMILES string of the molecule is CCc1ccc(OCCSc2nnc(-c3cccs3)o2)cc1. The molecule has 0 radical (unpaired) electrons. The van der Waals surface area contributed by atoms with Crippen LogP contribution < -0.4 is 4.74 Å². The molecule has 3 aromatic rings. The van der Waals surface area contributed by atoms with Crippen molar-refractivity contribution in [1.82, 2.24) is 10.2 Å². The molecule has 1 aromatic carbocycles. The summed E-state index contributed by atoms with van der Waals surface area (Å²) in [7, 11) is 0. The minimum Gasteiger partial charge on any atom is -0.493 e. The molecule has 0 fully saturated rings. The van der Waals surface area contributed by atoms with Crippen molar-refractivity contribution in [3.63, 3.8) is 0 Å². The lowest BCUT2D eigenvalue weighted by Crippen LogP contribution is -2.00. The van der Waals surface area contributed by atoms with Crippen LogP contribution >= 0.6 is 23.1 Å². The summed E-state index contributed by atoms with van der Waals surface area (Å²) in [6.07, 6.45) is 1.04. The van der Waals surface area contributed by atoms with Gasteiger partial charge in [0.1, 0.15) is 5.75 Å². The van der Waals surface area contributed by atoms with E-state index in [0.29, 0.717) is 17.7 Å². The maximum absolute atomic E-state index is 5.70. The van der Waals surface area contributed by atoms with Gasteiger partial charge in [-0.25, -0.2) is 0 Å². The zero-order valence-electron chi connectivity index (χ0n) is 12.2. The highest BCUT2D eigenvalue weighted by molar-refractivity contribution is 7.99. The van der Waals surface area contributed by atoms with Crippen LogP contribution in [0.5, 0.6) is 5.75 Å². The topological polar surface area (TPSA) is 48.2 Å². The zero-order chi connectivity index (χ0) is 15.2. The van der Waals surface area contributed by atoms with Gasteiger partial charge >= 0.3 is 0 Å². The second-order valence-corrected chi connectivity index (χ2v) is 6.54. The first-order chi connectivity index (χ1) is 10.8. The molecule has 0 aliphatic rings. The molecule has 0 saturated carbocycles. The van der Waals surface area contributed by atoms with Crippen LogP contribution in [0.4, 0.5) is 0 Å². The van der Waals surface area contributed by atoms with E-state index in [2.05, 4.69) is 29.3 Å². The van der Waals surface area contributed by atoms with E-state index in [1.54, 1.807) is 11.3 Å². The molecule has 6 heteroatoms. The lowest BCUT2D eigenvalue weighted by Gasteiger charge is -2.05. The van der Waals surface area contributed by atoms with Gasteiger partial charge < -0.3 is 9.15 Å². The summed E-state index contributed by atoms with van der Waals surface area (Å²) in [6.45, 7) is 2.74. The maximum atomic E-state index is 5.70. The Morgan fingerprint density at radius 2 is 2.05 bits per heavy atom. The Labute approximate surface area is 137 Å². The van der Waals surface area contributed by atoms with E-state index in [1.807, 2.05) is 29.6 Å². The molecule has 0 amide bonds. The van der Waals surface area contributed by atoms with Gasteiger partial charge in [0, 0.05) is 5.75 Å². The third-order valence-corrected chi connectivity index (χ3v) is 4.69. The average molecular weight is 332 g/mol. The van der Waals surface area contributed by atoms with Crippen LogP contribution in [0.1, 0.15) is 12.5 Å². The summed E-state index contributed by atoms with van der Waals surface area (Å²) in [5.74, 6) is 2.23. The molecule has 114 valence electrons. The molecular formula is C16H16N2O2S2. The fraction of sp³-hybridized carbons (Fsp3) is 0.250. The van der Waals surface area contributed by atoms with Crippen molar-refractivity contribution >= 4 is 23.1 Å². The molecule has 4 nitrogen and oxygen atoms in total. The second-order valence-electron chi connectivity index (χ2n) is 4.54. The van der Waals surface area contributed by atoms with Crippen molar-refractivity contribution in [2.45, 2.75) is 18.6 Å². The molecule has 0 unspecified atom stereocenters. The minimum atomic E-state index is 0.577. The van der Waals surface area contributed by atoms with Crippen molar-refractivity contribution in [3.05, 3.63) is 47.3 Å². The van der Waals surface area contributed by atoms with Crippen molar-refractivity contribution in [1.29, 1.82) is 0 Å². The number of ether oxygens (including phenoxy) is 1. The number of aryl methyl sites for hydroxylation is 1. The predicted molar refractivity (Wildman–Crippen MR) is 89.7 cm³/mol. The third-order valence-electron chi connectivity index (χ3n) is 3.05. The number of benzene rings is 1. The summed E-state index contributed by atoms with van der Waals surface area (Å²) in [5.41, 5.74) is 1.31. The molecule has 22 heavy (non-hydrogen) atoms. The van der Waals surface area contributed by atoms with Crippen LogP contribution in [0.15, 0.2) is 51.4 Å². The second kappa shape index (κ2) is 7.47. The monoisotopic (exact) mass is 332 g/mol. The fourth-order valence-electron chi connectivity index (χ4n) is 1.88. The van der Waals surface area contributed by atoms with Gasteiger partial charge in [-0.2, -0.15) is 0 Å². The molecule has 0 atom stereocenters. The number of thioether (sulfide) groups is 1. The zero-order valence-corrected chi connectivity index (χ0v) is 13.8. The standard InChI is InChI=1S/C16H16N2O2S2/c1-2-12-5-7-13(8-6-12)19-9-11-22-16-18-17-15(20-16)14-4-3-10-21-14/h3-8,10H,2,9,11H2,1H3. The predicted octanol–water partition coefficient (Wildman–Crippen LogP) is 4.53. The Kier molecular flexibility index (Phi) is 5.13. The highest BCUT2D eigenvalue weighted by atomic mass is 32.2. The van der Waals surface area contributed by atoms with Gasteiger partial charge in [-0.3, -0.25) is 0 Å². The van der Waals surface area contributed by atoms with Gasteiger partial charge in [-0.1, -0.05) is 36.9 Å². The Balaban J connectivity index is 1.45. The van der Waals surface area contributed by atoms with E-state index in [9.17, 15) is 0 Å². The third kappa shape index (κ3) is 3.90. The Morgan fingerprint density at radius 3 is 2.77 bits per heavy atom. The number of hydrogen-bond donors (Lipinski definition) is 0. The van der Waals surface area contributed by atoms with E-state index in [4.69, 9.17) is 9.15 Å². The summed E-state index contributed by atoms with van der Waals surface area (Å²) in [6, 6.07) is 12.1. The van der Waals surface area contributed by atoms with Crippen LogP contribution in [0, 0.1) is 0 Å². The summed E-state index contributed by atoms with van der Waals surface area (Å²) >= 11 is 3.09. The van der Waals surface area contributed by atoms with E-state index in [-0.39, 0.29) is 0 Å². The Morgan fingerprint density at radius 1 is 1.18 bits per heavy atom. The van der Waals surface area contributed by atoms with Gasteiger partial charge in [0.15, 0.2) is 0 Å². The quantitative estimate of drug-likeness (QED) is 0.470. The van der Waals surface area contributed by atoms with E-state index in [0.717, 1.165) is 22.8 Å². The van der Waals surface area contributed by atoms with Crippen molar-refractivity contribution in [2.24, 2.45) is 0 Å². The van der Waals surface area contributed by atoms with Gasteiger partial charge in [-0.15, -0.1) is 21.5 Å². The highest BCUT2D eigenvalue weighted by Gasteiger charge is 2.09. The van der Waals surface area contributed by atoms with Crippen molar-refractivity contribution in [3.8, 4) is 16.5 Å². The maximum Gasteiger partial charge on any atom is 0.277 e. The lowest BCUT2D eigenvalue weighted by molar-refractivity contribution is 0.343. The summed E-state index contributed by atoms with van der Waals surface area (Å²) < 4.78 is 11.3. The lowest BCUT2D eigenvalue weighted by atomic mass is 10.2. The Bertz CT molecular complexity index is 693. The summed E-state index contributed by atoms with van der Waals surface area (Å²) in [4.78, 5) is 0.992. The molecule has 2 aromatic heterocycles. The molecule has 0 saturated heterocycles. The molecule has 0 aliphatic heterocycles. The minimum absolute atomic E-state index is 0.577. The first-order valence-electron chi connectivity index (χ1n) is 7.07. The molecule has 0 aliphatic carbocycles. The number of nitrogens with zero attached hydrogens (tertiary/aromatic N) is 2. The van der Waals surface area contributed by atoms with Gasteiger partial charge in [0.2, 0.25) is 0 Å². The average Bonchev–Trinajstić information content (AvgIpc) is 3.23. The molecule has 0 spiro atoms. The van der Waals surface area contributed by atoms with Crippen LogP contribution in [-0.4, -0.2) is 22.6 Å². The van der Waals surface area contributed by atoms with Crippen LogP contribution in [-0.2, 0) is 6.42 Å². The number of rotatable bonds is 7. The largest absolute Gasteiger partial charge is 0.493 e. The van der Waals surface area contributed by atoms with Crippen LogP contribution in [0.25, 0.3) is 10.8 Å². The first kappa shape index (κ1) is 15.1. The first-order valence-corrected chi connectivity index (χ1v) is 8.93. The summed E-state index contributed by atoms with van der Waals surface area (Å²) in [5, 5.41) is 10.7. The number of thiophene rings is 1. The molecule has 0 N–H and O–H groups in total. The fourth-order valence-corrected chi connectivity index (χ4v) is 3.10. The highest BCUT2D eigenvalue weighted by Crippen LogP contribution is 2.26. The van der Waals surface area contributed by atoms with E-state index >= 15 is 0 Å². The van der Waals surface area contributed by atoms with Crippen LogP contribution in [0.2, 0.25) is 0 Å². The molecule has 0 bridgehead atoms. The van der Waals surface area contributed by atoms with Crippen molar-refractivity contribution < 1.29 is 9.15 Å². The Hall–Kier alpha value is -1.79. The van der Waals surface area contributed by atoms with E-state index in [1.165, 1.54) is 17.3 Å². The molecular weight excluding hydrogens is 316 g/mol. The van der Waals surface area contributed by atoms with Gasteiger partial charge in [0.25, 0.3) is 11.1 Å². The van der Waals surface area contributed by atoms with Crippen molar-refractivity contribution in [2.75, 3.05) is 12.4 Å². The van der Waals surface area contributed by atoms with Crippen LogP contribution in [0.3, 0.4) is 0 Å².